The van der Waals surface area contributed by atoms with Gasteiger partial charge < -0.3 is 4.74 Å². The first kappa shape index (κ1) is 15.0. The minimum absolute atomic E-state index is 0.302. The maximum atomic E-state index is 9.84. The molecule has 0 amide bonds. The molecular formula is C17H24N2O. The second-order valence-corrected chi connectivity index (χ2v) is 5.81. The van der Waals surface area contributed by atoms with E-state index in [0.717, 1.165) is 44.8 Å². The van der Waals surface area contributed by atoms with Crippen LogP contribution in [0.5, 0.6) is 0 Å². The van der Waals surface area contributed by atoms with Crippen LogP contribution in [0.3, 0.4) is 0 Å². The van der Waals surface area contributed by atoms with E-state index in [1.165, 1.54) is 0 Å². The van der Waals surface area contributed by atoms with Crippen LogP contribution in [0.1, 0.15) is 25.8 Å². The van der Waals surface area contributed by atoms with E-state index >= 15 is 0 Å². The van der Waals surface area contributed by atoms with Gasteiger partial charge in [0.1, 0.15) is 0 Å². The lowest BCUT2D eigenvalue weighted by atomic mass is 9.70. The Balaban J connectivity index is 2.13. The standard InChI is InChI=1S/C17H24N2O/c1-15(2)17(14-18,16-6-4-3-5-7-16)8-9-19-10-12-20-13-11-19/h3-7,15H,8-13H2,1-2H3. The van der Waals surface area contributed by atoms with E-state index in [2.05, 4.69) is 36.9 Å². The number of benzene rings is 1. The van der Waals surface area contributed by atoms with Gasteiger partial charge in [-0.15, -0.1) is 0 Å². The summed E-state index contributed by atoms with van der Waals surface area (Å²) in [7, 11) is 0. The van der Waals surface area contributed by atoms with E-state index in [1.807, 2.05) is 18.2 Å². The topological polar surface area (TPSA) is 36.3 Å². The minimum Gasteiger partial charge on any atom is -0.379 e. The third-order valence-electron chi connectivity index (χ3n) is 4.40. The van der Waals surface area contributed by atoms with Gasteiger partial charge >= 0.3 is 0 Å². The van der Waals surface area contributed by atoms with Crippen molar-refractivity contribution < 1.29 is 4.74 Å². The van der Waals surface area contributed by atoms with Crippen molar-refractivity contribution in [2.75, 3.05) is 32.8 Å². The molecule has 0 aliphatic carbocycles. The molecule has 0 saturated carbocycles. The average Bonchev–Trinajstić information content (AvgIpc) is 2.50. The molecule has 20 heavy (non-hydrogen) atoms. The summed E-state index contributed by atoms with van der Waals surface area (Å²) in [6.45, 7) is 8.84. The predicted molar refractivity (Wildman–Crippen MR) is 80.4 cm³/mol. The highest BCUT2D eigenvalue weighted by molar-refractivity contribution is 5.33. The van der Waals surface area contributed by atoms with Crippen molar-refractivity contribution in [1.82, 2.24) is 4.90 Å². The Bertz CT molecular complexity index is 446. The molecule has 2 rings (SSSR count). The van der Waals surface area contributed by atoms with Crippen LogP contribution in [0, 0.1) is 17.2 Å². The lowest BCUT2D eigenvalue weighted by molar-refractivity contribution is 0.0345. The van der Waals surface area contributed by atoms with Gasteiger partial charge in [-0.2, -0.15) is 5.26 Å². The van der Waals surface area contributed by atoms with E-state index < -0.39 is 0 Å². The zero-order chi connectivity index (χ0) is 14.4. The van der Waals surface area contributed by atoms with Crippen LogP contribution in [-0.4, -0.2) is 37.7 Å². The Morgan fingerprint density at radius 1 is 1.25 bits per heavy atom. The van der Waals surface area contributed by atoms with Crippen LogP contribution in [0.15, 0.2) is 30.3 Å². The molecule has 1 fully saturated rings. The summed E-state index contributed by atoms with van der Waals surface area (Å²) in [6.07, 6.45) is 0.880. The van der Waals surface area contributed by atoms with Crippen LogP contribution in [-0.2, 0) is 10.2 Å². The zero-order valence-corrected chi connectivity index (χ0v) is 12.5. The molecule has 1 aromatic carbocycles. The maximum Gasteiger partial charge on any atom is 0.0857 e. The minimum atomic E-state index is -0.389. The van der Waals surface area contributed by atoms with Gasteiger partial charge in [0.05, 0.1) is 24.7 Å². The van der Waals surface area contributed by atoms with Crippen molar-refractivity contribution in [3.05, 3.63) is 35.9 Å². The van der Waals surface area contributed by atoms with E-state index in [-0.39, 0.29) is 5.41 Å². The van der Waals surface area contributed by atoms with Crippen molar-refractivity contribution in [3.8, 4) is 6.07 Å². The Hall–Kier alpha value is -1.37. The summed E-state index contributed by atoms with van der Waals surface area (Å²) in [4.78, 5) is 2.40. The fourth-order valence-electron chi connectivity index (χ4n) is 2.91. The summed E-state index contributed by atoms with van der Waals surface area (Å²) in [5.41, 5.74) is 0.755. The number of nitrogens with zero attached hydrogens (tertiary/aromatic N) is 2. The summed E-state index contributed by atoms with van der Waals surface area (Å²) < 4.78 is 5.38. The normalized spacial score (nSPS) is 19.5. The lowest BCUT2D eigenvalue weighted by Gasteiger charge is -2.35. The Morgan fingerprint density at radius 2 is 1.90 bits per heavy atom. The summed E-state index contributed by atoms with van der Waals surface area (Å²) >= 11 is 0. The van der Waals surface area contributed by atoms with E-state index in [0.29, 0.717) is 5.92 Å². The highest BCUT2D eigenvalue weighted by Crippen LogP contribution is 2.35. The number of hydrogen-bond acceptors (Lipinski definition) is 3. The average molecular weight is 272 g/mol. The molecule has 0 aromatic heterocycles. The smallest absolute Gasteiger partial charge is 0.0857 e. The van der Waals surface area contributed by atoms with Gasteiger partial charge in [-0.1, -0.05) is 44.2 Å². The third-order valence-corrected chi connectivity index (χ3v) is 4.40. The maximum absolute atomic E-state index is 9.84. The number of rotatable bonds is 5. The quantitative estimate of drug-likeness (QED) is 0.827. The molecule has 1 aliphatic heterocycles. The van der Waals surface area contributed by atoms with Gasteiger partial charge in [-0.25, -0.2) is 0 Å². The van der Waals surface area contributed by atoms with Gasteiger partial charge in [0.25, 0.3) is 0 Å². The first-order valence-electron chi connectivity index (χ1n) is 7.46. The first-order valence-corrected chi connectivity index (χ1v) is 7.46. The van der Waals surface area contributed by atoms with Crippen LogP contribution in [0.4, 0.5) is 0 Å². The predicted octanol–water partition coefficient (Wildman–Crippen LogP) is 2.83. The Kier molecular flexibility index (Phi) is 5.17. The molecule has 1 saturated heterocycles. The second kappa shape index (κ2) is 6.88. The second-order valence-electron chi connectivity index (χ2n) is 5.81. The van der Waals surface area contributed by atoms with Crippen LogP contribution >= 0.6 is 0 Å². The summed E-state index contributed by atoms with van der Waals surface area (Å²) in [6, 6.07) is 12.8. The van der Waals surface area contributed by atoms with Crippen molar-refractivity contribution in [1.29, 1.82) is 5.26 Å². The van der Waals surface area contributed by atoms with Crippen molar-refractivity contribution in [2.24, 2.45) is 5.92 Å². The molecule has 1 atom stereocenters. The molecule has 0 spiro atoms. The largest absolute Gasteiger partial charge is 0.379 e. The van der Waals surface area contributed by atoms with Crippen molar-refractivity contribution >= 4 is 0 Å². The lowest BCUT2D eigenvalue weighted by Crippen LogP contribution is -2.41. The van der Waals surface area contributed by atoms with E-state index in [4.69, 9.17) is 4.74 Å². The summed E-state index contributed by atoms with van der Waals surface area (Å²) in [5.74, 6) is 0.302. The fraction of sp³-hybridized carbons (Fsp3) is 0.588. The van der Waals surface area contributed by atoms with Crippen molar-refractivity contribution in [3.63, 3.8) is 0 Å². The van der Waals surface area contributed by atoms with Gasteiger partial charge in [0.2, 0.25) is 0 Å². The molecule has 1 unspecified atom stereocenters. The molecule has 108 valence electrons. The molecule has 1 heterocycles. The fourth-order valence-corrected chi connectivity index (χ4v) is 2.91. The summed E-state index contributed by atoms with van der Waals surface area (Å²) in [5, 5.41) is 9.84. The molecule has 3 nitrogen and oxygen atoms in total. The zero-order valence-electron chi connectivity index (χ0n) is 12.5. The first-order chi connectivity index (χ1) is 9.69. The monoisotopic (exact) mass is 272 g/mol. The molecule has 1 aliphatic rings. The highest BCUT2D eigenvalue weighted by Gasteiger charge is 2.36. The van der Waals surface area contributed by atoms with E-state index in [9.17, 15) is 5.26 Å². The molecule has 3 heteroatoms. The van der Waals surface area contributed by atoms with E-state index in [1.54, 1.807) is 0 Å². The number of nitriles is 1. The molecular weight excluding hydrogens is 248 g/mol. The molecule has 0 radical (unpaired) electrons. The van der Waals surface area contributed by atoms with Gasteiger partial charge in [-0.3, -0.25) is 4.90 Å². The SMILES string of the molecule is CC(C)C(C#N)(CCN1CCOCC1)c1ccccc1. The highest BCUT2D eigenvalue weighted by atomic mass is 16.5. The molecule has 0 bridgehead atoms. The molecule has 1 aromatic rings. The molecule has 0 N–H and O–H groups in total. The van der Waals surface area contributed by atoms with Crippen LogP contribution in [0.25, 0.3) is 0 Å². The van der Waals surface area contributed by atoms with Gasteiger partial charge in [-0.05, 0) is 17.9 Å². The third kappa shape index (κ3) is 3.20. The van der Waals surface area contributed by atoms with Crippen LogP contribution < -0.4 is 0 Å². The van der Waals surface area contributed by atoms with Crippen molar-refractivity contribution in [2.45, 2.75) is 25.7 Å². The number of hydrogen-bond donors (Lipinski definition) is 0. The van der Waals surface area contributed by atoms with Gasteiger partial charge in [0.15, 0.2) is 0 Å². The Labute approximate surface area is 122 Å². The number of morpholine rings is 1. The van der Waals surface area contributed by atoms with Crippen LogP contribution in [0.2, 0.25) is 0 Å². The number of ether oxygens (including phenoxy) is 1. The Morgan fingerprint density at radius 3 is 2.45 bits per heavy atom. The van der Waals surface area contributed by atoms with Gasteiger partial charge in [0, 0.05) is 19.6 Å².